The van der Waals surface area contributed by atoms with Crippen LogP contribution in [-0.4, -0.2) is 5.17 Å². The summed E-state index contributed by atoms with van der Waals surface area (Å²) in [5.74, 6) is 0. The molecule has 0 aliphatic heterocycles. The molecule has 2 aromatic carbocycles. The zero-order valence-corrected chi connectivity index (χ0v) is 14.6. The second-order valence-electron chi connectivity index (χ2n) is 3.86. The minimum atomic E-state index is 0.0766. The van der Waals surface area contributed by atoms with Crippen LogP contribution in [0.2, 0.25) is 25.1 Å². The lowest BCUT2D eigenvalue weighted by Crippen LogP contribution is -2.00. The van der Waals surface area contributed by atoms with Crippen molar-refractivity contribution in [2.24, 2.45) is 5.10 Å². The number of hydrogen-bond acceptors (Lipinski definition) is 2. The highest BCUT2D eigenvalue weighted by atomic mass is 35.5. The lowest BCUT2D eigenvalue weighted by atomic mass is 10.2. The van der Waals surface area contributed by atoms with Crippen LogP contribution in [-0.2, 0) is 0 Å². The number of hydrogen-bond donors (Lipinski definition) is 1. The smallest absolute Gasteiger partial charge is 0.159 e. The van der Waals surface area contributed by atoms with Gasteiger partial charge in [-0.1, -0.05) is 75.7 Å². The van der Waals surface area contributed by atoms with E-state index in [0.717, 1.165) is 0 Å². The SMILES string of the molecule is Cl/C(=N\Nc1c(Cl)cc(Cl)cc1Cl)c1c(Cl)cccc1Cl. The summed E-state index contributed by atoms with van der Waals surface area (Å²) >= 11 is 36.1. The number of anilines is 1. The van der Waals surface area contributed by atoms with Gasteiger partial charge in [0.25, 0.3) is 0 Å². The first-order valence-electron chi connectivity index (χ1n) is 5.48. The molecule has 0 spiro atoms. The van der Waals surface area contributed by atoms with E-state index >= 15 is 0 Å². The number of halogens is 6. The van der Waals surface area contributed by atoms with Crippen LogP contribution in [0.1, 0.15) is 5.56 Å². The number of rotatable bonds is 3. The molecular formula is C13H6Cl6N2. The van der Waals surface area contributed by atoms with Gasteiger partial charge in [0.1, 0.15) is 0 Å². The van der Waals surface area contributed by atoms with E-state index < -0.39 is 0 Å². The fourth-order valence-electron chi connectivity index (χ4n) is 1.50. The highest BCUT2D eigenvalue weighted by Gasteiger charge is 2.12. The Labute approximate surface area is 151 Å². The van der Waals surface area contributed by atoms with Crippen LogP contribution in [0.3, 0.4) is 0 Å². The molecule has 2 rings (SSSR count). The Balaban J connectivity index is 2.34. The zero-order valence-electron chi connectivity index (χ0n) is 10.1. The molecule has 2 aromatic rings. The third kappa shape index (κ3) is 4.10. The maximum absolute atomic E-state index is 6.11. The molecular weight excluding hydrogens is 397 g/mol. The molecule has 0 saturated heterocycles. The zero-order chi connectivity index (χ0) is 15.6. The third-order valence-corrected chi connectivity index (χ3v) is 4.16. The topological polar surface area (TPSA) is 24.4 Å². The molecule has 0 amide bonds. The minimum Gasteiger partial charge on any atom is -0.274 e. The normalized spacial score (nSPS) is 11.6. The van der Waals surface area contributed by atoms with Crippen molar-refractivity contribution in [3.8, 4) is 0 Å². The molecule has 0 unspecified atom stereocenters. The van der Waals surface area contributed by atoms with Gasteiger partial charge in [0, 0.05) is 5.02 Å². The molecule has 21 heavy (non-hydrogen) atoms. The van der Waals surface area contributed by atoms with Crippen molar-refractivity contribution in [1.82, 2.24) is 0 Å². The second-order valence-corrected chi connectivity index (χ2v) is 6.28. The van der Waals surface area contributed by atoms with Crippen molar-refractivity contribution in [3.05, 3.63) is 61.0 Å². The van der Waals surface area contributed by atoms with Crippen molar-refractivity contribution in [2.45, 2.75) is 0 Å². The molecule has 0 aliphatic rings. The average Bonchev–Trinajstić information content (AvgIpc) is 2.37. The van der Waals surface area contributed by atoms with E-state index in [2.05, 4.69) is 10.5 Å². The summed E-state index contributed by atoms with van der Waals surface area (Å²) in [6, 6.07) is 8.08. The third-order valence-electron chi connectivity index (χ3n) is 2.44. The van der Waals surface area contributed by atoms with Gasteiger partial charge >= 0.3 is 0 Å². The molecule has 8 heteroatoms. The van der Waals surface area contributed by atoms with E-state index in [0.29, 0.717) is 36.4 Å². The van der Waals surface area contributed by atoms with Gasteiger partial charge in [0.15, 0.2) is 5.17 Å². The summed E-state index contributed by atoms with van der Waals surface area (Å²) in [5, 5.41) is 5.87. The Hall–Kier alpha value is -0.350. The van der Waals surface area contributed by atoms with Gasteiger partial charge < -0.3 is 0 Å². The van der Waals surface area contributed by atoms with Crippen molar-refractivity contribution in [2.75, 3.05) is 5.43 Å². The Morgan fingerprint density at radius 3 is 1.90 bits per heavy atom. The predicted octanol–water partition coefficient (Wildman–Crippen LogP) is 6.97. The summed E-state index contributed by atoms with van der Waals surface area (Å²) in [4.78, 5) is 0. The molecule has 110 valence electrons. The van der Waals surface area contributed by atoms with E-state index in [1.165, 1.54) is 12.1 Å². The predicted molar refractivity (Wildman–Crippen MR) is 93.9 cm³/mol. The molecule has 0 aliphatic carbocycles. The quantitative estimate of drug-likeness (QED) is 0.435. The maximum Gasteiger partial charge on any atom is 0.159 e. The Morgan fingerprint density at radius 1 is 0.857 bits per heavy atom. The summed E-state index contributed by atoms with van der Waals surface area (Å²) in [5.41, 5.74) is 3.47. The summed E-state index contributed by atoms with van der Waals surface area (Å²) in [7, 11) is 0. The molecule has 0 atom stereocenters. The molecule has 0 fully saturated rings. The first-order chi connectivity index (χ1) is 9.90. The minimum absolute atomic E-state index is 0.0766. The lowest BCUT2D eigenvalue weighted by molar-refractivity contribution is 1.34. The van der Waals surface area contributed by atoms with E-state index in [4.69, 9.17) is 69.6 Å². The van der Waals surface area contributed by atoms with Gasteiger partial charge in [0.2, 0.25) is 0 Å². The number of benzene rings is 2. The van der Waals surface area contributed by atoms with Crippen molar-refractivity contribution < 1.29 is 0 Å². The van der Waals surface area contributed by atoms with Crippen LogP contribution in [0.25, 0.3) is 0 Å². The van der Waals surface area contributed by atoms with E-state index in [-0.39, 0.29) is 5.17 Å². The number of nitrogens with one attached hydrogen (secondary N) is 1. The van der Waals surface area contributed by atoms with Gasteiger partial charge in [-0.3, -0.25) is 5.43 Å². The molecule has 0 heterocycles. The van der Waals surface area contributed by atoms with Crippen molar-refractivity contribution in [1.29, 1.82) is 0 Å². The van der Waals surface area contributed by atoms with E-state index in [1.807, 2.05) is 0 Å². The average molecular weight is 403 g/mol. The molecule has 2 nitrogen and oxygen atoms in total. The van der Waals surface area contributed by atoms with Crippen LogP contribution in [0.5, 0.6) is 0 Å². The first-order valence-corrected chi connectivity index (χ1v) is 7.75. The summed E-state index contributed by atoms with van der Waals surface area (Å²) in [6.45, 7) is 0. The molecule has 0 saturated carbocycles. The maximum atomic E-state index is 6.11. The van der Waals surface area contributed by atoms with Crippen LogP contribution in [0.4, 0.5) is 5.69 Å². The largest absolute Gasteiger partial charge is 0.274 e. The van der Waals surface area contributed by atoms with Crippen molar-refractivity contribution >= 4 is 80.5 Å². The van der Waals surface area contributed by atoms with Crippen LogP contribution < -0.4 is 5.43 Å². The van der Waals surface area contributed by atoms with E-state index in [1.54, 1.807) is 18.2 Å². The van der Waals surface area contributed by atoms with Crippen molar-refractivity contribution in [3.63, 3.8) is 0 Å². The summed E-state index contributed by atoms with van der Waals surface area (Å²) < 4.78 is 0. The Morgan fingerprint density at radius 2 is 1.38 bits per heavy atom. The number of nitrogens with zero attached hydrogens (tertiary/aromatic N) is 1. The molecule has 0 aromatic heterocycles. The van der Waals surface area contributed by atoms with Gasteiger partial charge in [-0.2, -0.15) is 5.10 Å². The standard InChI is InChI=1S/C13H6Cl6N2/c14-6-4-9(17)12(10(18)5-6)20-21-13(19)11-7(15)2-1-3-8(11)16/h1-5,20H/b21-13-. The van der Waals surface area contributed by atoms with Gasteiger partial charge in [-0.15, -0.1) is 0 Å². The van der Waals surface area contributed by atoms with Gasteiger partial charge in [-0.25, -0.2) is 0 Å². The molecule has 0 radical (unpaired) electrons. The van der Waals surface area contributed by atoms with Crippen LogP contribution in [0, 0.1) is 0 Å². The first kappa shape index (κ1) is 17.0. The Kier molecular flexibility index (Phi) is 5.89. The molecule has 0 bridgehead atoms. The highest BCUT2D eigenvalue weighted by molar-refractivity contribution is 6.71. The number of hydrazone groups is 1. The van der Waals surface area contributed by atoms with E-state index in [9.17, 15) is 0 Å². The fourth-order valence-corrected chi connectivity index (χ4v) is 3.33. The molecule has 1 N–H and O–H groups in total. The van der Waals surface area contributed by atoms with Crippen LogP contribution in [0.15, 0.2) is 35.4 Å². The summed E-state index contributed by atoms with van der Waals surface area (Å²) in [6.07, 6.45) is 0. The van der Waals surface area contributed by atoms with Crippen LogP contribution >= 0.6 is 69.6 Å². The van der Waals surface area contributed by atoms with Gasteiger partial charge in [-0.05, 0) is 24.3 Å². The highest BCUT2D eigenvalue weighted by Crippen LogP contribution is 2.34. The Bertz CT molecular complexity index is 671. The van der Waals surface area contributed by atoms with Gasteiger partial charge in [0.05, 0.1) is 31.3 Å². The fraction of sp³-hybridized carbons (Fsp3) is 0. The monoisotopic (exact) mass is 400 g/mol. The second kappa shape index (κ2) is 7.28. The lowest BCUT2D eigenvalue weighted by Gasteiger charge is -2.08.